The molecule has 19 heavy (non-hydrogen) atoms. The molecule has 1 unspecified atom stereocenters. The van der Waals surface area contributed by atoms with E-state index in [0.29, 0.717) is 5.02 Å². The molecule has 0 amide bonds. The van der Waals surface area contributed by atoms with Crippen molar-refractivity contribution in [2.75, 3.05) is 5.32 Å². The van der Waals surface area contributed by atoms with Crippen LogP contribution >= 0.6 is 27.5 Å². The average molecular weight is 341 g/mol. The standard InChI is InChI=1S/C15H12BrClFN/c16-13-8-11(3-5-14(13)17)19-15-6-1-9-7-10(18)2-4-12(9)15/h2-5,7-8,15,19H,1,6H2. The molecule has 0 aromatic heterocycles. The number of rotatable bonds is 2. The number of fused-ring (bicyclic) bond motifs is 1. The summed E-state index contributed by atoms with van der Waals surface area (Å²) in [4.78, 5) is 0. The van der Waals surface area contributed by atoms with Crippen molar-refractivity contribution in [2.24, 2.45) is 0 Å². The van der Waals surface area contributed by atoms with Crippen LogP contribution in [0.15, 0.2) is 40.9 Å². The Labute approximate surface area is 124 Å². The van der Waals surface area contributed by atoms with Gasteiger partial charge in [0.05, 0.1) is 11.1 Å². The Morgan fingerprint density at radius 1 is 1.21 bits per heavy atom. The largest absolute Gasteiger partial charge is 0.378 e. The average Bonchev–Trinajstić information content (AvgIpc) is 2.76. The monoisotopic (exact) mass is 339 g/mol. The van der Waals surface area contributed by atoms with Crippen LogP contribution in [0, 0.1) is 5.82 Å². The Bertz CT molecular complexity index is 630. The van der Waals surface area contributed by atoms with Crippen LogP contribution in [0.5, 0.6) is 0 Å². The number of benzene rings is 2. The molecule has 2 aromatic carbocycles. The molecule has 0 heterocycles. The van der Waals surface area contributed by atoms with E-state index in [2.05, 4.69) is 21.2 Å². The first-order valence-electron chi connectivity index (χ1n) is 6.13. The van der Waals surface area contributed by atoms with Gasteiger partial charge in [0.2, 0.25) is 0 Å². The van der Waals surface area contributed by atoms with Crippen LogP contribution in [-0.2, 0) is 6.42 Å². The molecule has 0 bridgehead atoms. The molecular weight excluding hydrogens is 329 g/mol. The molecule has 2 aromatic rings. The number of aryl methyl sites for hydroxylation is 1. The second-order valence-corrected chi connectivity index (χ2v) is 5.97. The van der Waals surface area contributed by atoms with Gasteiger partial charge in [0.15, 0.2) is 0 Å². The normalized spacial score (nSPS) is 17.3. The van der Waals surface area contributed by atoms with Crippen LogP contribution in [0.2, 0.25) is 5.02 Å². The summed E-state index contributed by atoms with van der Waals surface area (Å²) in [5.74, 6) is -0.159. The molecule has 3 rings (SSSR count). The quantitative estimate of drug-likeness (QED) is 0.778. The summed E-state index contributed by atoms with van der Waals surface area (Å²) in [6, 6.07) is 11.0. The van der Waals surface area contributed by atoms with Crippen LogP contribution in [0.25, 0.3) is 0 Å². The minimum absolute atomic E-state index is 0.159. The van der Waals surface area contributed by atoms with Gasteiger partial charge in [-0.2, -0.15) is 0 Å². The molecular formula is C15H12BrClFN. The highest BCUT2D eigenvalue weighted by Crippen LogP contribution is 2.35. The number of hydrogen-bond acceptors (Lipinski definition) is 1. The molecule has 98 valence electrons. The fourth-order valence-electron chi connectivity index (χ4n) is 2.52. The SMILES string of the molecule is Fc1ccc2c(c1)CCC2Nc1ccc(Cl)c(Br)c1. The molecule has 4 heteroatoms. The van der Waals surface area contributed by atoms with Gasteiger partial charge in [-0.3, -0.25) is 0 Å². The Morgan fingerprint density at radius 3 is 2.84 bits per heavy atom. The molecule has 1 aliphatic rings. The van der Waals surface area contributed by atoms with Crippen molar-refractivity contribution >= 4 is 33.2 Å². The highest BCUT2D eigenvalue weighted by atomic mass is 79.9. The van der Waals surface area contributed by atoms with Gasteiger partial charge in [-0.05, 0) is 70.2 Å². The molecule has 1 atom stereocenters. The van der Waals surface area contributed by atoms with Crippen molar-refractivity contribution in [3.8, 4) is 0 Å². The molecule has 0 fully saturated rings. The van der Waals surface area contributed by atoms with Crippen LogP contribution in [0.1, 0.15) is 23.6 Å². The third kappa shape index (κ3) is 2.63. The lowest BCUT2D eigenvalue weighted by molar-refractivity contribution is 0.626. The van der Waals surface area contributed by atoms with E-state index in [1.54, 1.807) is 6.07 Å². The first-order chi connectivity index (χ1) is 9.13. The molecule has 0 radical (unpaired) electrons. The summed E-state index contributed by atoms with van der Waals surface area (Å²) >= 11 is 9.39. The first kappa shape index (κ1) is 12.9. The lowest BCUT2D eigenvalue weighted by Gasteiger charge is -2.16. The Hall–Kier alpha value is -1.06. The Kier molecular flexibility index (Phi) is 3.50. The van der Waals surface area contributed by atoms with Crippen molar-refractivity contribution in [3.63, 3.8) is 0 Å². The lowest BCUT2D eigenvalue weighted by Crippen LogP contribution is -2.07. The van der Waals surface area contributed by atoms with Crippen molar-refractivity contribution in [1.29, 1.82) is 0 Å². The van der Waals surface area contributed by atoms with E-state index in [1.807, 2.05) is 24.3 Å². The minimum Gasteiger partial charge on any atom is -0.378 e. The molecule has 0 spiro atoms. The van der Waals surface area contributed by atoms with Gasteiger partial charge in [0, 0.05) is 10.2 Å². The van der Waals surface area contributed by atoms with Crippen molar-refractivity contribution in [1.82, 2.24) is 0 Å². The van der Waals surface area contributed by atoms with Gasteiger partial charge < -0.3 is 5.32 Å². The number of anilines is 1. The summed E-state index contributed by atoms with van der Waals surface area (Å²) < 4.78 is 14.0. The Balaban J connectivity index is 1.84. The summed E-state index contributed by atoms with van der Waals surface area (Å²) in [6.07, 6.45) is 1.90. The molecule has 0 saturated heterocycles. The summed E-state index contributed by atoms with van der Waals surface area (Å²) in [5.41, 5.74) is 3.30. The predicted octanol–water partition coefficient (Wildman–Crippen LogP) is 5.34. The lowest BCUT2D eigenvalue weighted by atomic mass is 10.1. The number of nitrogens with one attached hydrogen (secondary N) is 1. The summed E-state index contributed by atoms with van der Waals surface area (Å²) in [5, 5.41) is 4.17. The molecule has 0 aliphatic heterocycles. The summed E-state index contributed by atoms with van der Waals surface area (Å²) in [7, 11) is 0. The highest BCUT2D eigenvalue weighted by molar-refractivity contribution is 9.10. The fraction of sp³-hybridized carbons (Fsp3) is 0.200. The van der Waals surface area contributed by atoms with E-state index in [9.17, 15) is 4.39 Å². The molecule has 1 nitrogen and oxygen atoms in total. The third-order valence-electron chi connectivity index (χ3n) is 3.44. The van der Waals surface area contributed by atoms with Crippen LogP contribution < -0.4 is 5.32 Å². The van der Waals surface area contributed by atoms with E-state index >= 15 is 0 Å². The summed E-state index contributed by atoms with van der Waals surface area (Å²) in [6.45, 7) is 0. The van der Waals surface area contributed by atoms with E-state index in [-0.39, 0.29) is 11.9 Å². The van der Waals surface area contributed by atoms with Crippen molar-refractivity contribution < 1.29 is 4.39 Å². The van der Waals surface area contributed by atoms with E-state index in [4.69, 9.17) is 11.6 Å². The van der Waals surface area contributed by atoms with Crippen molar-refractivity contribution in [2.45, 2.75) is 18.9 Å². The van der Waals surface area contributed by atoms with Crippen LogP contribution in [-0.4, -0.2) is 0 Å². The second-order valence-electron chi connectivity index (χ2n) is 4.71. The van der Waals surface area contributed by atoms with Gasteiger partial charge in [0.1, 0.15) is 5.82 Å². The maximum Gasteiger partial charge on any atom is 0.123 e. The van der Waals surface area contributed by atoms with E-state index in [1.165, 1.54) is 11.6 Å². The minimum atomic E-state index is -0.159. The van der Waals surface area contributed by atoms with Crippen molar-refractivity contribution in [3.05, 3.63) is 62.8 Å². The van der Waals surface area contributed by atoms with Gasteiger partial charge >= 0.3 is 0 Å². The third-order valence-corrected chi connectivity index (χ3v) is 4.66. The Morgan fingerprint density at radius 2 is 2.05 bits per heavy atom. The zero-order valence-electron chi connectivity index (χ0n) is 10.1. The fourth-order valence-corrected chi connectivity index (χ4v) is 3.02. The van der Waals surface area contributed by atoms with E-state index in [0.717, 1.165) is 28.6 Å². The smallest absolute Gasteiger partial charge is 0.123 e. The first-order valence-corrected chi connectivity index (χ1v) is 7.30. The maximum atomic E-state index is 13.2. The molecule has 0 saturated carbocycles. The van der Waals surface area contributed by atoms with Gasteiger partial charge in [-0.15, -0.1) is 0 Å². The van der Waals surface area contributed by atoms with Crippen LogP contribution in [0.3, 0.4) is 0 Å². The highest BCUT2D eigenvalue weighted by Gasteiger charge is 2.22. The van der Waals surface area contributed by atoms with E-state index < -0.39 is 0 Å². The van der Waals surface area contributed by atoms with Gasteiger partial charge in [-0.1, -0.05) is 17.7 Å². The zero-order chi connectivity index (χ0) is 13.4. The van der Waals surface area contributed by atoms with Crippen LogP contribution in [0.4, 0.5) is 10.1 Å². The zero-order valence-corrected chi connectivity index (χ0v) is 12.4. The topological polar surface area (TPSA) is 12.0 Å². The molecule has 1 aliphatic carbocycles. The van der Waals surface area contributed by atoms with Gasteiger partial charge in [0.25, 0.3) is 0 Å². The molecule has 1 N–H and O–H groups in total. The number of halogens is 3. The number of hydrogen-bond donors (Lipinski definition) is 1. The van der Waals surface area contributed by atoms with Gasteiger partial charge in [-0.25, -0.2) is 4.39 Å². The maximum absolute atomic E-state index is 13.2. The second kappa shape index (κ2) is 5.14. The predicted molar refractivity (Wildman–Crippen MR) is 80.2 cm³/mol.